The lowest BCUT2D eigenvalue weighted by atomic mass is 10.2. The van der Waals surface area contributed by atoms with E-state index >= 15 is 0 Å². The quantitative estimate of drug-likeness (QED) is 0.764. The van der Waals surface area contributed by atoms with Gasteiger partial charge in [0.15, 0.2) is 0 Å². The molecule has 0 amide bonds. The SMILES string of the molecule is CN(C)Cc1ccccc1.c1ccncc1. The molecule has 2 rings (SSSR count). The van der Waals surface area contributed by atoms with Gasteiger partial charge in [0, 0.05) is 18.9 Å². The highest BCUT2D eigenvalue weighted by atomic mass is 15.0. The molecule has 1 aromatic carbocycles. The minimum atomic E-state index is 1.03. The van der Waals surface area contributed by atoms with Gasteiger partial charge in [0.05, 0.1) is 0 Å². The maximum Gasteiger partial charge on any atom is 0.0267 e. The summed E-state index contributed by atoms with van der Waals surface area (Å²) in [6, 6.07) is 16.2. The van der Waals surface area contributed by atoms with Crippen LogP contribution in [0.15, 0.2) is 60.9 Å². The molecule has 0 fully saturated rings. The number of hydrogen-bond donors (Lipinski definition) is 0. The molecular formula is C14H18N2. The van der Waals surface area contributed by atoms with E-state index in [1.165, 1.54) is 5.56 Å². The third-order valence-corrected chi connectivity index (χ3v) is 1.91. The molecular weight excluding hydrogens is 196 g/mol. The first-order valence-electron chi connectivity index (χ1n) is 5.32. The molecule has 0 radical (unpaired) electrons. The van der Waals surface area contributed by atoms with Crippen molar-refractivity contribution in [2.75, 3.05) is 14.1 Å². The van der Waals surface area contributed by atoms with Gasteiger partial charge < -0.3 is 4.90 Å². The van der Waals surface area contributed by atoms with Gasteiger partial charge in [-0.05, 0) is 31.8 Å². The molecule has 2 aromatic rings. The lowest BCUT2D eigenvalue weighted by molar-refractivity contribution is 0.402. The van der Waals surface area contributed by atoms with Crippen molar-refractivity contribution < 1.29 is 0 Å². The summed E-state index contributed by atoms with van der Waals surface area (Å²) in [5, 5.41) is 0. The van der Waals surface area contributed by atoms with Crippen LogP contribution in [0, 0.1) is 0 Å². The van der Waals surface area contributed by atoms with Crippen LogP contribution >= 0.6 is 0 Å². The van der Waals surface area contributed by atoms with Gasteiger partial charge >= 0.3 is 0 Å². The maximum atomic E-state index is 3.78. The average molecular weight is 214 g/mol. The van der Waals surface area contributed by atoms with Crippen molar-refractivity contribution in [3.8, 4) is 0 Å². The minimum absolute atomic E-state index is 1.03. The molecule has 1 heterocycles. The highest BCUT2D eigenvalue weighted by Gasteiger charge is 1.90. The van der Waals surface area contributed by atoms with E-state index in [1.54, 1.807) is 12.4 Å². The second-order valence-electron chi connectivity index (χ2n) is 3.75. The monoisotopic (exact) mass is 214 g/mol. The van der Waals surface area contributed by atoms with Gasteiger partial charge in [0.1, 0.15) is 0 Å². The molecule has 0 unspecified atom stereocenters. The number of benzene rings is 1. The summed E-state index contributed by atoms with van der Waals surface area (Å²) in [6.45, 7) is 1.03. The summed E-state index contributed by atoms with van der Waals surface area (Å²) in [7, 11) is 4.15. The number of nitrogens with zero attached hydrogens (tertiary/aromatic N) is 2. The highest BCUT2D eigenvalue weighted by Crippen LogP contribution is 1.99. The number of pyridine rings is 1. The van der Waals surface area contributed by atoms with Crippen LogP contribution in [0.5, 0.6) is 0 Å². The Bertz CT molecular complexity index is 330. The van der Waals surface area contributed by atoms with E-state index in [4.69, 9.17) is 0 Å². The van der Waals surface area contributed by atoms with Crippen LogP contribution in [0.25, 0.3) is 0 Å². The molecule has 0 saturated carbocycles. The molecule has 0 spiro atoms. The smallest absolute Gasteiger partial charge is 0.0267 e. The van der Waals surface area contributed by atoms with E-state index in [0.717, 1.165) is 6.54 Å². The van der Waals surface area contributed by atoms with Gasteiger partial charge in [-0.15, -0.1) is 0 Å². The molecule has 2 nitrogen and oxygen atoms in total. The van der Waals surface area contributed by atoms with Crippen molar-refractivity contribution in [3.63, 3.8) is 0 Å². The first-order valence-corrected chi connectivity index (χ1v) is 5.32. The van der Waals surface area contributed by atoms with E-state index in [1.807, 2.05) is 24.3 Å². The van der Waals surface area contributed by atoms with Gasteiger partial charge in [0.25, 0.3) is 0 Å². The van der Waals surface area contributed by atoms with Gasteiger partial charge in [0.2, 0.25) is 0 Å². The zero-order valence-electron chi connectivity index (χ0n) is 9.88. The average Bonchev–Trinajstić information content (AvgIpc) is 2.32. The molecule has 0 saturated heterocycles. The molecule has 84 valence electrons. The molecule has 0 aliphatic rings. The van der Waals surface area contributed by atoms with E-state index in [9.17, 15) is 0 Å². The fraction of sp³-hybridized carbons (Fsp3) is 0.214. The summed E-state index contributed by atoms with van der Waals surface area (Å²) in [4.78, 5) is 5.95. The van der Waals surface area contributed by atoms with Gasteiger partial charge in [-0.25, -0.2) is 0 Å². The second kappa shape index (κ2) is 7.60. The number of aromatic nitrogens is 1. The zero-order chi connectivity index (χ0) is 11.6. The van der Waals surface area contributed by atoms with Gasteiger partial charge in [-0.1, -0.05) is 36.4 Å². The second-order valence-corrected chi connectivity index (χ2v) is 3.75. The van der Waals surface area contributed by atoms with E-state index in [-0.39, 0.29) is 0 Å². The number of rotatable bonds is 2. The zero-order valence-corrected chi connectivity index (χ0v) is 9.88. The fourth-order valence-corrected chi connectivity index (χ4v) is 1.26. The third-order valence-electron chi connectivity index (χ3n) is 1.91. The van der Waals surface area contributed by atoms with Gasteiger partial charge in [-0.3, -0.25) is 4.98 Å². The highest BCUT2D eigenvalue weighted by molar-refractivity contribution is 5.14. The predicted molar refractivity (Wildman–Crippen MR) is 68.1 cm³/mol. The Labute approximate surface area is 97.6 Å². The summed E-state index contributed by atoms with van der Waals surface area (Å²) in [6.07, 6.45) is 3.50. The van der Waals surface area contributed by atoms with Crippen molar-refractivity contribution in [1.82, 2.24) is 9.88 Å². The Kier molecular flexibility index (Phi) is 5.89. The van der Waals surface area contributed by atoms with Crippen LogP contribution in [0.3, 0.4) is 0 Å². The first kappa shape index (κ1) is 12.4. The molecule has 0 atom stereocenters. The summed E-state index contributed by atoms with van der Waals surface area (Å²) in [5.41, 5.74) is 1.37. The first-order chi connectivity index (χ1) is 7.79. The lowest BCUT2D eigenvalue weighted by Crippen LogP contribution is -2.10. The molecule has 0 aliphatic heterocycles. The topological polar surface area (TPSA) is 16.1 Å². The summed E-state index contributed by atoms with van der Waals surface area (Å²) < 4.78 is 0. The molecule has 1 aromatic heterocycles. The Morgan fingerprint density at radius 1 is 0.875 bits per heavy atom. The largest absolute Gasteiger partial charge is 0.305 e. The third kappa shape index (κ3) is 5.94. The standard InChI is InChI=1S/C9H13N.C5H5N/c1-10(2)8-9-6-4-3-5-7-9;1-2-4-6-5-3-1/h3-7H,8H2,1-2H3;1-5H. The molecule has 16 heavy (non-hydrogen) atoms. The van der Waals surface area contributed by atoms with Crippen LogP contribution in [0.1, 0.15) is 5.56 Å². The Morgan fingerprint density at radius 3 is 1.81 bits per heavy atom. The van der Waals surface area contributed by atoms with Gasteiger partial charge in [-0.2, -0.15) is 0 Å². The van der Waals surface area contributed by atoms with Crippen molar-refractivity contribution in [2.24, 2.45) is 0 Å². The molecule has 0 bridgehead atoms. The summed E-state index contributed by atoms with van der Waals surface area (Å²) >= 11 is 0. The van der Waals surface area contributed by atoms with Crippen molar-refractivity contribution >= 4 is 0 Å². The molecule has 2 heteroatoms. The molecule has 0 aliphatic carbocycles. The van der Waals surface area contributed by atoms with Crippen LogP contribution < -0.4 is 0 Å². The predicted octanol–water partition coefficient (Wildman–Crippen LogP) is 2.83. The van der Waals surface area contributed by atoms with Crippen LogP contribution in [0.4, 0.5) is 0 Å². The van der Waals surface area contributed by atoms with Crippen molar-refractivity contribution in [1.29, 1.82) is 0 Å². The van der Waals surface area contributed by atoms with E-state index in [2.05, 4.69) is 48.2 Å². The normalized spacial score (nSPS) is 9.44. The Hall–Kier alpha value is -1.67. The van der Waals surface area contributed by atoms with Crippen molar-refractivity contribution in [3.05, 3.63) is 66.5 Å². The number of hydrogen-bond acceptors (Lipinski definition) is 2. The summed E-state index contributed by atoms with van der Waals surface area (Å²) in [5.74, 6) is 0. The van der Waals surface area contributed by atoms with Crippen LogP contribution in [-0.2, 0) is 6.54 Å². The van der Waals surface area contributed by atoms with Crippen LogP contribution in [0.2, 0.25) is 0 Å². The van der Waals surface area contributed by atoms with Crippen LogP contribution in [-0.4, -0.2) is 24.0 Å². The van der Waals surface area contributed by atoms with E-state index < -0.39 is 0 Å². The lowest BCUT2D eigenvalue weighted by Gasteiger charge is -2.08. The molecule has 0 N–H and O–H groups in total. The van der Waals surface area contributed by atoms with Crippen molar-refractivity contribution in [2.45, 2.75) is 6.54 Å². The minimum Gasteiger partial charge on any atom is -0.305 e. The maximum absolute atomic E-state index is 3.78. The Balaban J connectivity index is 0.000000181. The fourth-order valence-electron chi connectivity index (χ4n) is 1.26. The Morgan fingerprint density at radius 2 is 1.44 bits per heavy atom. The van der Waals surface area contributed by atoms with E-state index in [0.29, 0.717) is 0 Å².